The van der Waals surface area contributed by atoms with E-state index in [4.69, 9.17) is 4.74 Å². The van der Waals surface area contributed by atoms with Crippen LogP contribution >= 0.6 is 15.9 Å². The molecule has 1 aromatic heterocycles. The van der Waals surface area contributed by atoms with Crippen LogP contribution in [0.4, 0.5) is 5.69 Å². The Kier molecular flexibility index (Phi) is 6.96. The number of hydrogen-bond acceptors (Lipinski definition) is 4. The highest BCUT2D eigenvalue weighted by molar-refractivity contribution is 9.10. The standard InChI is InChI=1S/C25H28BrN3O3/c1-16(29-12-10-18(11-13-29)14-17-6-4-3-5-7-17)24(30)28-22-20-15-19(26)8-9-21(20)27-23(22)25(31)32-2/h3-9,15-16,18,27H,10-14H2,1-2H3,(H,28,30)/t16-/m0/s1. The average Bonchev–Trinajstić information content (AvgIpc) is 3.16. The Bertz CT molecular complexity index is 1100. The van der Waals surface area contributed by atoms with Crippen molar-refractivity contribution in [3.63, 3.8) is 0 Å². The summed E-state index contributed by atoms with van der Waals surface area (Å²) in [5.74, 6) is 0.000320. The van der Waals surface area contributed by atoms with Crippen molar-refractivity contribution in [1.82, 2.24) is 9.88 Å². The summed E-state index contributed by atoms with van der Waals surface area (Å²) in [5, 5.41) is 3.76. The van der Waals surface area contributed by atoms with E-state index in [9.17, 15) is 9.59 Å². The lowest BCUT2D eigenvalue weighted by Gasteiger charge is -2.35. The van der Waals surface area contributed by atoms with Gasteiger partial charge in [0.2, 0.25) is 5.91 Å². The lowest BCUT2D eigenvalue weighted by molar-refractivity contribution is -0.121. The number of aromatic amines is 1. The molecule has 1 atom stereocenters. The monoisotopic (exact) mass is 497 g/mol. The van der Waals surface area contributed by atoms with Crippen molar-refractivity contribution in [2.45, 2.75) is 32.2 Å². The van der Waals surface area contributed by atoms with Crippen LogP contribution in [-0.4, -0.2) is 48.0 Å². The zero-order chi connectivity index (χ0) is 22.7. The summed E-state index contributed by atoms with van der Waals surface area (Å²) < 4.78 is 5.78. The lowest BCUT2D eigenvalue weighted by Crippen LogP contribution is -2.46. The first-order valence-electron chi connectivity index (χ1n) is 10.9. The van der Waals surface area contributed by atoms with E-state index in [1.54, 1.807) is 0 Å². The van der Waals surface area contributed by atoms with Gasteiger partial charge in [-0.25, -0.2) is 4.79 Å². The van der Waals surface area contributed by atoms with Crippen molar-refractivity contribution in [1.29, 1.82) is 0 Å². The fourth-order valence-electron chi connectivity index (χ4n) is 4.43. The van der Waals surface area contributed by atoms with Crippen LogP contribution in [0.1, 0.15) is 35.8 Å². The number of halogens is 1. The molecule has 4 rings (SSSR count). The summed E-state index contributed by atoms with van der Waals surface area (Å²) in [4.78, 5) is 30.7. The van der Waals surface area contributed by atoms with Gasteiger partial charge in [-0.1, -0.05) is 46.3 Å². The van der Waals surface area contributed by atoms with Gasteiger partial charge in [-0.2, -0.15) is 0 Å². The zero-order valence-electron chi connectivity index (χ0n) is 18.4. The molecule has 0 radical (unpaired) electrons. The molecule has 0 spiro atoms. The minimum Gasteiger partial charge on any atom is -0.464 e. The number of ether oxygens (including phenoxy) is 1. The van der Waals surface area contributed by atoms with Crippen LogP contribution in [0.15, 0.2) is 53.0 Å². The molecule has 2 aromatic carbocycles. The largest absolute Gasteiger partial charge is 0.464 e. The number of anilines is 1. The summed E-state index contributed by atoms with van der Waals surface area (Å²) >= 11 is 3.47. The van der Waals surface area contributed by atoms with Crippen molar-refractivity contribution < 1.29 is 14.3 Å². The van der Waals surface area contributed by atoms with Crippen molar-refractivity contribution in [2.24, 2.45) is 5.92 Å². The molecule has 1 saturated heterocycles. The van der Waals surface area contributed by atoms with Gasteiger partial charge in [0.1, 0.15) is 5.69 Å². The molecule has 32 heavy (non-hydrogen) atoms. The highest BCUT2D eigenvalue weighted by Crippen LogP contribution is 2.31. The summed E-state index contributed by atoms with van der Waals surface area (Å²) in [6, 6.07) is 15.9. The minimum absolute atomic E-state index is 0.127. The number of hydrogen-bond donors (Lipinski definition) is 2. The average molecular weight is 498 g/mol. The number of fused-ring (bicyclic) bond motifs is 1. The van der Waals surface area contributed by atoms with Gasteiger partial charge in [-0.05, 0) is 69.0 Å². The highest BCUT2D eigenvalue weighted by Gasteiger charge is 2.28. The normalized spacial score (nSPS) is 16.1. The van der Waals surface area contributed by atoms with Crippen LogP contribution in [0.25, 0.3) is 10.9 Å². The van der Waals surface area contributed by atoms with Crippen LogP contribution in [0.5, 0.6) is 0 Å². The number of benzene rings is 2. The number of nitrogens with zero attached hydrogens (tertiary/aromatic N) is 1. The first-order valence-corrected chi connectivity index (χ1v) is 11.7. The van der Waals surface area contributed by atoms with Crippen LogP contribution in [0.2, 0.25) is 0 Å². The Morgan fingerprint density at radius 3 is 2.59 bits per heavy atom. The van der Waals surface area contributed by atoms with E-state index in [1.807, 2.05) is 31.2 Å². The molecule has 168 valence electrons. The Balaban J connectivity index is 1.43. The van der Waals surface area contributed by atoms with E-state index in [1.165, 1.54) is 12.7 Å². The summed E-state index contributed by atoms with van der Waals surface area (Å²) in [6.45, 7) is 3.69. The molecular formula is C25H28BrN3O3. The fourth-order valence-corrected chi connectivity index (χ4v) is 4.80. The number of nitrogens with one attached hydrogen (secondary N) is 2. The quantitative estimate of drug-likeness (QED) is 0.470. The maximum Gasteiger partial charge on any atom is 0.356 e. The van der Waals surface area contributed by atoms with E-state index in [0.29, 0.717) is 11.6 Å². The molecule has 1 fully saturated rings. The van der Waals surface area contributed by atoms with Gasteiger partial charge in [-0.15, -0.1) is 0 Å². The molecule has 1 amide bonds. The molecule has 2 heterocycles. The van der Waals surface area contributed by atoms with Gasteiger partial charge >= 0.3 is 5.97 Å². The molecule has 1 aliphatic rings. The van der Waals surface area contributed by atoms with Crippen molar-refractivity contribution in [3.8, 4) is 0 Å². The molecular weight excluding hydrogens is 470 g/mol. The highest BCUT2D eigenvalue weighted by atomic mass is 79.9. The predicted octanol–water partition coefficient (Wildman–Crippen LogP) is 5.00. The van der Waals surface area contributed by atoms with Gasteiger partial charge in [-0.3, -0.25) is 9.69 Å². The van der Waals surface area contributed by atoms with Crippen LogP contribution in [-0.2, 0) is 16.0 Å². The smallest absolute Gasteiger partial charge is 0.356 e. The fraction of sp³-hybridized carbons (Fsp3) is 0.360. The minimum atomic E-state index is -0.512. The number of piperidine rings is 1. The molecule has 0 saturated carbocycles. The summed E-state index contributed by atoms with van der Waals surface area (Å²) in [7, 11) is 1.33. The number of carbonyl (C=O) groups is 2. The van der Waals surface area contributed by atoms with Crippen molar-refractivity contribution in [2.75, 3.05) is 25.5 Å². The van der Waals surface area contributed by atoms with Gasteiger partial charge in [0.25, 0.3) is 0 Å². The van der Waals surface area contributed by atoms with Gasteiger partial charge in [0, 0.05) is 15.4 Å². The molecule has 0 bridgehead atoms. The third kappa shape index (κ3) is 4.89. The number of carbonyl (C=O) groups excluding carboxylic acids is 2. The molecule has 6 nitrogen and oxygen atoms in total. The van der Waals surface area contributed by atoms with Crippen molar-refractivity contribution >= 4 is 44.4 Å². The maximum atomic E-state index is 13.1. The van der Waals surface area contributed by atoms with E-state index in [2.05, 4.69) is 55.4 Å². The van der Waals surface area contributed by atoms with Gasteiger partial charge in [0.15, 0.2) is 0 Å². The first-order chi connectivity index (χ1) is 15.5. The topological polar surface area (TPSA) is 74.4 Å². The number of H-pyrrole nitrogens is 1. The second kappa shape index (κ2) is 9.88. The number of rotatable bonds is 6. The molecule has 3 aromatic rings. The Morgan fingerprint density at radius 2 is 1.91 bits per heavy atom. The molecule has 7 heteroatoms. The SMILES string of the molecule is COC(=O)c1[nH]c2ccc(Br)cc2c1NC(=O)[C@H](C)N1CCC(Cc2ccccc2)CC1. The van der Waals surface area contributed by atoms with Gasteiger partial charge < -0.3 is 15.0 Å². The van der Waals surface area contributed by atoms with E-state index in [-0.39, 0.29) is 17.6 Å². The third-order valence-corrected chi connectivity index (χ3v) is 6.84. The Morgan fingerprint density at radius 1 is 1.19 bits per heavy atom. The molecule has 2 N–H and O–H groups in total. The zero-order valence-corrected chi connectivity index (χ0v) is 19.9. The molecule has 0 unspecified atom stereocenters. The third-order valence-electron chi connectivity index (χ3n) is 6.34. The van der Waals surface area contributed by atoms with E-state index < -0.39 is 5.97 Å². The summed E-state index contributed by atoms with van der Waals surface area (Å²) in [5.41, 5.74) is 2.85. The van der Waals surface area contributed by atoms with Crippen LogP contribution < -0.4 is 5.32 Å². The first kappa shape index (κ1) is 22.6. The number of likely N-dealkylation sites (tertiary alicyclic amines) is 1. The van der Waals surface area contributed by atoms with Crippen molar-refractivity contribution in [3.05, 3.63) is 64.3 Å². The number of methoxy groups -OCH3 is 1. The molecule has 1 aliphatic heterocycles. The van der Waals surface area contributed by atoms with E-state index >= 15 is 0 Å². The Hall–Kier alpha value is -2.64. The predicted molar refractivity (Wildman–Crippen MR) is 130 cm³/mol. The van der Waals surface area contributed by atoms with Crippen LogP contribution in [0, 0.1) is 5.92 Å². The van der Waals surface area contributed by atoms with Gasteiger partial charge in [0.05, 0.1) is 18.8 Å². The number of aromatic nitrogens is 1. The Labute approximate surface area is 196 Å². The lowest BCUT2D eigenvalue weighted by atomic mass is 9.89. The second-order valence-corrected chi connectivity index (χ2v) is 9.31. The van der Waals surface area contributed by atoms with E-state index in [0.717, 1.165) is 47.7 Å². The number of amides is 1. The van der Waals surface area contributed by atoms with Crippen LogP contribution in [0.3, 0.4) is 0 Å². The maximum absolute atomic E-state index is 13.1. The summed E-state index contributed by atoms with van der Waals surface area (Å²) in [6.07, 6.45) is 3.22. The number of esters is 1. The molecule has 0 aliphatic carbocycles. The second-order valence-electron chi connectivity index (χ2n) is 8.39.